The molecule has 0 atom stereocenters. The summed E-state index contributed by atoms with van der Waals surface area (Å²) in [6.45, 7) is 1.86. The third-order valence-corrected chi connectivity index (χ3v) is 4.28. The number of carbonyl (C=O) groups excluding carboxylic acids is 1. The van der Waals surface area contributed by atoms with E-state index in [9.17, 15) is 4.79 Å². The van der Waals surface area contributed by atoms with Gasteiger partial charge in [-0.3, -0.25) is 9.36 Å². The fourth-order valence-corrected chi connectivity index (χ4v) is 2.81. The molecular formula is C22H20N6O2. The fourth-order valence-electron chi connectivity index (χ4n) is 2.81. The molecule has 2 N–H and O–H groups in total. The second kappa shape index (κ2) is 8.87. The van der Waals surface area contributed by atoms with Crippen molar-refractivity contribution in [1.82, 2.24) is 19.5 Å². The van der Waals surface area contributed by atoms with Crippen LogP contribution in [0.3, 0.4) is 0 Å². The monoisotopic (exact) mass is 400 g/mol. The molecule has 0 aliphatic carbocycles. The molecule has 0 radical (unpaired) electrons. The maximum atomic E-state index is 12.1. The van der Waals surface area contributed by atoms with Gasteiger partial charge in [0.2, 0.25) is 0 Å². The van der Waals surface area contributed by atoms with E-state index < -0.39 is 0 Å². The molecule has 150 valence electrons. The van der Waals surface area contributed by atoms with Crippen molar-refractivity contribution < 1.29 is 9.53 Å². The van der Waals surface area contributed by atoms with Gasteiger partial charge in [0.25, 0.3) is 5.91 Å². The number of benzene rings is 2. The van der Waals surface area contributed by atoms with Gasteiger partial charge in [-0.05, 0) is 43.3 Å². The summed E-state index contributed by atoms with van der Waals surface area (Å²) in [5, 5.41) is 6.04. The molecule has 8 heteroatoms. The van der Waals surface area contributed by atoms with Crippen molar-refractivity contribution in [3.63, 3.8) is 0 Å². The summed E-state index contributed by atoms with van der Waals surface area (Å²) in [5.74, 6) is 2.65. The fraction of sp³-hybridized carbons (Fsp3) is 0.0909. The van der Waals surface area contributed by atoms with Crippen LogP contribution in [0, 0.1) is 6.92 Å². The van der Waals surface area contributed by atoms with Crippen LogP contribution < -0.4 is 15.4 Å². The number of aryl methyl sites for hydroxylation is 1. The van der Waals surface area contributed by atoms with Gasteiger partial charge in [0.05, 0.1) is 0 Å². The van der Waals surface area contributed by atoms with E-state index in [-0.39, 0.29) is 12.5 Å². The Hall–Kier alpha value is -4.20. The van der Waals surface area contributed by atoms with E-state index in [0.29, 0.717) is 17.3 Å². The van der Waals surface area contributed by atoms with E-state index in [1.807, 2.05) is 66.2 Å². The summed E-state index contributed by atoms with van der Waals surface area (Å²) in [4.78, 5) is 24.8. The van der Waals surface area contributed by atoms with Crippen molar-refractivity contribution in [3.05, 3.63) is 85.2 Å². The Morgan fingerprint density at radius 2 is 1.77 bits per heavy atom. The van der Waals surface area contributed by atoms with E-state index in [4.69, 9.17) is 4.74 Å². The molecule has 4 rings (SSSR count). The minimum absolute atomic E-state index is 0.0542. The molecule has 0 saturated carbocycles. The predicted octanol–water partition coefficient (Wildman–Crippen LogP) is 3.73. The zero-order chi connectivity index (χ0) is 20.8. The Morgan fingerprint density at radius 3 is 2.50 bits per heavy atom. The Balaban J connectivity index is 1.35. The van der Waals surface area contributed by atoms with Crippen molar-refractivity contribution in [3.8, 4) is 11.6 Å². The number of para-hydroxylation sites is 1. The van der Waals surface area contributed by atoms with Crippen LogP contribution in [-0.4, -0.2) is 32.0 Å². The first-order valence-corrected chi connectivity index (χ1v) is 9.34. The highest BCUT2D eigenvalue weighted by Gasteiger charge is 2.06. The van der Waals surface area contributed by atoms with Crippen LogP contribution >= 0.6 is 0 Å². The molecular weight excluding hydrogens is 380 g/mol. The zero-order valence-corrected chi connectivity index (χ0v) is 16.3. The Kier molecular flexibility index (Phi) is 5.66. The number of amides is 1. The lowest BCUT2D eigenvalue weighted by Gasteiger charge is -2.10. The maximum absolute atomic E-state index is 12.1. The van der Waals surface area contributed by atoms with Crippen LogP contribution in [0.25, 0.3) is 5.82 Å². The molecule has 0 aliphatic rings. The van der Waals surface area contributed by atoms with Crippen molar-refractivity contribution in [2.45, 2.75) is 6.92 Å². The standard InChI is InChI=1S/C22H20N6O2/c1-16-23-11-12-28(16)21-13-20(24-15-25-21)26-17-7-9-18(10-8-17)27-22(29)14-30-19-5-3-2-4-6-19/h2-13,15H,14H2,1H3,(H,27,29)(H,24,25,26). The Bertz CT molecular complexity index is 1130. The van der Waals surface area contributed by atoms with Crippen molar-refractivity contribution in [2.75, 3.05) is 17.2 Å². The van der Waals surface area contributed by atoms with E-state index in [0.717, 1.165) is 17.3 Å². The minimum atomic E-state index is -0.226. The van der Waals surface area contributed by atoms with Gasteiger partial charge in [-0.1, -0.05) is 18.2 Å². The van der Waals surface area contributed by atoms with Gasteiger partial charge in [-0.25, -0.2) is 15.0 Å². The van der Waals surface area contributed by atoms with Crippen LogP contribution in [0.15, 0.2) is 79.4 Å². The molecule has 0 aliphatic heterocycles. The molecule has 2 heterocycles. The Morgan fingerprint density at radius 1 is 1.00 bits per heavy atom. The number of rotatable bonds is 7. The summed E-state index contributed by atoms with van der Waals surface area (Å²) in [7, 11) is 0. The average molecular weight is 400 g/mol. The largest absolute Gasteiger partial charge is 0.484 e. The zero-order valence-electron chi connectivity index (χ0n) is 16.3. The molecule has 30 heavy (non-hydrogen) atoms. The summed E-state index contributed by atoms with van der Waals surface area (Å²) in [6.07, 6.45) is 5.07. The van der Waals surface area contributed by atoms with Crippen LogP contribution in [0.1, 0.15) is 5.82 Å². The van der Waals surface area contributed by atoms with Crippen molar-refractivity contribution in [1.29, 1.82) is 0 Å². The summed E-state index contributed by atoms with van der Waals surface area (Å²) < 4.78 is 7.33. The van der Waals surface area contributed by atoms with Crippen molar-refractivity contribution >= 4 is 23.1 Å². The number of nitrogens with zero attached hydrogens (tertiary/aromatic N) is 4. The topological polar surface area (TPSA) is 94.0 Å². The lowest BCUT2D eigenvalue weighted by Crippen LogP contribution is -2.20. The number of anilines is 3. The maximum Gasteiger partial charge on any atom is 0.262 e. The number of hydrogen-bond acceptors (Lipinski definition) is 6. The number of imidazole rings is 1. The van der Waals surface area contributed by atoms with E-state index in [1.165, 1.54) is 6.33 Å². The summed E-state index contributed by atoms with van der Waals surface area (Å²) in [5.41, 5.74) is 1.51. The molecule has 2 aromatic carbocycles. The number of hydrogen-bond donors (Lipinski definition) is 2. The first kappa shape index (κ1) is 19.1. The number of nitrogens with one attached hydrogen (secondary N) is 2. The van der Waals surface area contributed by atoms with Gasteiger partial charge in [-0.15, -0.1) is 0 Å². The van der Waals surface area contributed by atoms with E-state index >= 15 is 0 Å². The first-order chi connectivity index (χ1) is 14.7. The number of aromatic nitrogens is 4. The van der Waals surface area contributed by atoms with Crippen LogP contribution in [0.4, 0.5) is 17.2 Å². The highest BCUT2D eigenvalue weighted by Crippen LogP contribution is 2.19. The van der Waals surface area contributed by atoms with Gasteiger partial charge < -0.3 is 15.4 Å². The second-order valence-corrected chi connectivity index (χ2v) is 6.46. The van der Waals surface area contributed by atoms with E-state index in [2.05, 4.69) is 25.6 Å². The molecule has 1 amide bonds. The first-order valence-electron chi connectivity index (χ1n) is 9.34. The van der Waals surface area contributed by atoms with Crippen molar-refractivity contribution in [2.24, 2.45) is 0 Å². The molecule has 0 saturated heterocycles. The lowest BCUT2D eigenvalue weighted by atomic mass is 10.2. The third-order valence-electron chi connectivity index (χ3n) is 4.28. The average Bonchev–Trinajstić information content (AvgIpc) is 3.20. The number of ether oxygens (including phenoxy) is 1. The molecule has 8 nitrogen and oxygen atoms in total. The van der Waals surface area contributed by atoms with E-state index in [1.54, 1.807) is 18.3 Å². The molecule has 4 aromatic rings. The second-order valence-electron chi connectivity index (χ2n) is 6.46. The molecule has 0 bridgehead atoms. The lowest BCUT2D eigenvalue weighted by molar-refractivity contribution is -0.118. The smallest absolute Gasteiger partial charge is 0.262 e. The predicted molar refractivity (Wildman–Crippen MR) is 114 cm³/mol. The van der Waals surface area contributed by atoms with Crippen LogP contribution in [0.5, 0.6) is 5.75 Å². The van der Waals surface area contributed by atoms with Gasteiger partial charge in [-0.2, -0.15) is 0 Å². The third kappa shape index (κ3) is 4.79. The molecule has 2 aromatic heterocycles. The summed E-state index contributed by atoms with van der Waals surface area (Å²) in [6, 6.07) is 18.4. The van der Waals surface area contributed by atoms with Gasteiger partial charge in [0.15, 0.2) is 6.61 Å². The summed E-state index contributed by atoms with van der Waals surface area (Å²) >= 11 is 0. The Labute approximate surface area is 173 Å². The van der Waals surface area contributed by atoms with Crippen LogP contribution in [0.2, 0.25) is 0 Å². The SMILES string of the molecule is Cc1nccn1-c1cc(Nc2ccc(NC(=O)COc3ccccc3)cc2)ncn1. The molecule has 0 fully saturated rings. The minimum Gasteiger partial charge on any atom is -0.484 e. The van der Waals surface area contributed by atoms with Gasteiger partial charge in [0, 0.05) is 29.8 Å². The molecule has 0 unspecified atom stereocenters. The van der Waals surface area contributed by atoms with Crippen LogP contribution in [-0.2, 0) is 4.79 Å². The van der Waals surface area contributed by atoms with Gasteiger partial charge in [0.1, 0.15) is 29.5 Å². The normalized spacial score (nSPS) is 10.4. The highest BCUT2D eigenvalue weighted by atomic mass is 16.5. The number of carbonyl (C=O) groups is 1. The molecule has 0 spiro atoms. The quantitative estimate of drug-likeness (QED) is 0.491. The van der Waals surface area contributed by atoms with Gasteiger partial charge >= 0.3 is 0 Å². The highest BCUT2D eigenvalue weighted by molar-refractivity contribution is 5.92.